The molecule has 0 heterocycles. The summed E-state index contributed by atoms with van der Waals surface area (Å²) >= 11 is 0. The first kappa shape index (κ1) is 7.88. The summed E-state index contributed by atoms with van der Waals surface area (Å²) in [5, 5.41) is 3.06. The Bertz CT molecular complexity index is 32.7. The molecule has 50 valence electrons. The highest BCUT2D eigenvalue weighted by atomic mass is 15.2. The summed E-state index contributed by atoms with van der Waals surface area (Å²) in [6.45, 7) is 2.00. The van der Waals surface area contributed by atoms with Crippen LogP contribution in [-0.4, -0.2) is 20.1 Å². The Morgan fingerprint density at radius 1 is 1.25 bits per heavy atom. The van der Waals surface area contributed by atoms with Gasteiger partial charge in [0.15, 0.2) is 0 Å². The molecule has 0 aromatic carbocycles. The second-order valence-corrected chi connectivity index (χ2v) is 1.76. The normalized spacial score (nSPS) is 9.75. The van der Waals surface area contributed by atoms with Crippen molar-refractivity contribution >= 4 is 0 Å². The van der Waals surface area contributed by atoms with Crippen molar-refractivity contribution in [3.63, 3.8) is 0 Å². The number of hydrogen-bond acceptors (Lipinski definition) is 3. The third-order valence-electron chi connectivity index (χ3n) is 0.998. The SMILES string of the molecule is CNCCCCNN. The fourth-order valence-corrected chi connectivity index (χ4v) is 0.529. The molecule has 0 saturated heterocycles. The van der Waals surface area contributed by atoms with Gasteiger partial charge < -0.3 is 5.32 Å². The van der Waals surface area contributed by atoms with Crippen LogP contribution in [0.25, 0.3) is 0 Å². The van der Waals surface area contributed by atoms with E-state index < -0.39 is 0 Å². The third kappa shape index (κ3) is 5.88. The van der Waals surface area contributed by atoms with E-state index in [0.29, 0.717) is 0 Å². The lowest BCUT2D eigenvalue weighted by molar-refractivity contribution is 0.622. The van der Waals surface area contributed by atoms with Crippen molar-refractivity contribution < 1.29 is 0 Å². The van der Waals surface area contributed by atoms with Crippen LogP contribution in [0.15, 0.2) is 0 Å². The number of hydrazine groups is 1. The first-order chi connectivity index (χ1) is 3.91. The molecule has 0 radical (unpaired) electrons. The predicted octanol–water partition coefficient (Wildman–Crippen LogP) is -0.551. The average Bonchev–Trinajstić information content (AvgIpc) is 1.81. The van der Waals surface area contributed by atoms with Crippen molar-refractivity contribution in [3.8, 4) is 0 Å². The Morgan fingerprint density at radius 3 is 2.38 bits per heavy atom. The van der Waals surface area contributed by atoms with Crippen molar-refractivity contribution in [1.29, 1.82) is 0 Å². The predicted molar refractivity (Wildman–Crippen MR) is 35.4 cm³/mol. The zero-order valence-electron chi connectivity index (χ0n) is 5.41. The first-order valence-corrected chi connectivity index (χ1v) is 3.00. The summed E-state index contributed by atoms with van der Waals surface area (Å²) in [7, 11) is 1.95. The molecule has 0 rings (SSSR count). The maximum absolute atomic E-state index is 5.04. The smallest absolute Gasteiger partial charge is 0.00978 e. The number of unbranched alkanes of at least 4 members (excludes halogenated alkanes) is 1. The first-order valence-electron chi connectivity index (χ1n) is 3.00. The quantitative estimate of drug-likeness (QED) is 0.257. The van der Waals surface area contributed by atoms with Crippen molar-refractivity contribution in [2.24, 2.45) is 5.84 Å². The summed E-state index contributed by atoms with van der Waals surface area (Å²) in [5.74, 6) is 5.04. The topological polar surface area (TPSA) is 50.1 Å². The van der Waals surface area contributed by atoms with Crippen LogP contribution in [0.1, 0.15) is 12.8 Å². The van der Waals surface area contributed by atoms with Gasteiger partial charge in [-0.3, -0.25) is 11.3 Å². The Labute approximate surface area is 50.6 Å². The van der Waals surface area contributed by atoms with E-state index in [9.17, 15) is 0 Å². The molecule has 0 aliphatic carbocycles. The highest BCUT2D eigenvalue weighted by Crippen LogP contribution is 1.80. The number of nitrogens with two attached hydrogens (primary N) is 1. The number of rotatable bonds is 5. The van der Waals surface area contributed by atoms with E-state index in [4.69, 9.17) is 5.84 Å². The molecule has 0 aliphatic heterocycles. The van der Waals surface area contributed by atoms with Crippen molar-refractivity contribution in [3.05, 3.63) is 0 Å². The van der Waals surface area contributed by atoms with Gasteiger partial charge in [-0.15, -0.1) is 0 Å². The van der Waals surface area contributed by atoms with Crippen LogP contribution in [0.5, 0.6) is 0 Å². The van der Waals surface area contributed by atoms with E-state index in [0.717, 1.165) is 19.5 Å². The van der Waals surface area contributed by atoms with E-state index in [2.05, 4.69) is 10.7 Å². The molecule has 0 aromatic rings. The van der Waals surface area contributed by atoms with Crippen LogP contribution >= 0.6 is 0 Å². The van der Waals surface area contributed by atoms with E-state index in [1.807, 2.05) is 7.05 Å². The molecular weight excluding hydrogens is 102 g/mol. The zero-order chi connectivity index (χ0) is 6.24. The molecule has 0 saturated carbocycles. The minimum Gasteiger partial charge on any atom is -0.320 e. The molecule has 0 atom stereocenters. The maximum atomic E-state index is 5.04. The molecule has 0 spiro atoms. The second kappa shape index (κ2) is 6.88. The van der Waals surface area contributed by atoms with Crippen LogP contribution in [0.4, 0.5) is 0 Å². The van der Waals surface area contributed by atoms with E-state index in [1.165, 1.54) is 6.42 Å². The molecule has 0 aliphatic rings. The molecule has 8 heavy (non-hydrogen) atoms. The van der Waals surface area contributed by atoms with Gasteiger partial charge in [0.25, 0.3) is 0 Å². The molecule has 3 heteroatoms. The van der Waals surface area contributed by atoms with Gasteiger partial charge in [0.1, 0.15) is 0 Å². The molecule has 4 N–H and O–H groups in total. The Balaban J connectivity index is 2.53. The lowest BCUT2D eigenvalue weighted by Crippen LogP contribution is -2.23. The lowest BCUT2D eigenvalue weighted by Gasteiger charge is -1.97. The minimum absolute atomic E-state index is 0.918. The fraction of sp³-hybridized carbons (Fsp3) is 1.00. The summed E-state index contributed by atoms with van der Waals surface area (Å²) in [6, 6.07) is 0. The molecular formula is C5H15N3. The lowest BCUT2D eigenvalue weighted by atomic mass is 10.3. The molecule has 0 fully saturated rings. The highest BCUT2D eigenvalue weighted by molar-refractivity contribution is 4.43. The van der Waals surface area contributed by atoms with Crippen LogP contribution in [0.3, 0.4) is 0 Å². The molecule has 0 bridgehead atoms. The molecule has 0 aromatic heterocycles. The standard InChI is InChI=1S/C5H15N3/c1-7-4-2-3-5-8-6/h7-8H,2-6H2,1H3. The van der Waals surface area contributed by atoms with Crippen LogP contribution in [-0.2, 0) is 0 Å². The zero-order valence-corrected chi connectivity index (χ0v) is 5.41. The van der Waals surface area contributed by atoms with Gasteiger partial charge in [0, 0.05) is 6.54 Å². The third-order valence-corrected chi connectivity index (χ3v) is 0.998. The molecule has 0 amide bonds. The number of nitrogens with one attached hydrogen (secondary N) is 2. The summed E-state index contributed by atoms with van der Waals surface area (Å²) in [5.41, 5.74) is 2.60. The highest BCUT2D eigenvalue weighted by Gasteiger charge is 1.81. The van der Waals surface area contributed by atoms with Crippen molar-refractivity contribution in [2.75, 3.05) is 20.1 Å². The summed E-state index contributed by atoms with van der Waals surface area (Å²) < 4.78 is 0. The van der Waals surface area contributed by atoms with Crippen LogP contribution in [0, 0.1) is 0 Å². The van der Waals surface area contributed by atoms with Gasteiger partial charge in [0.2, 0.25) is 0 Å². The minimum atomic E-state index is 0.918. The van der Waals surface area contributed by atoms with Gasteiger partial charge in [0.05, 0.1) is 0 Å². The average molecular weight is 117 g/mol. The van der Waals surface area contributed by atoms with E-state index in [-0.39, 0.29) is 0 Å². The van der Waals surface area contributed by atoms with Crippen LogP contribution < -0.4 is 16.6 Å². The molecule has 3 nitrogen and oxygen atoms in total. The number of hydrogen-bond donors (Lipinski definition) is 3. The fourth-order valence-electron chi connectivity index (χ4n) is 0.529. The largest absolute Gasteiger partial charge is 0.320 e. The summed E-state index contributed by atoms with van der Waals surface area (Å²) in [6.07, 6.45) is 2.35. The Kier molecular flexibility index (Phi) is 6.78. The second-order valence-electron chi connectivity index (χ2n) is 1.76. The van der Waals surface area contributed by atoms with Gasteiger partial charge in [-0.2, -0.15) is 0 Å². The van der Waals surface area contributed by atoms with E-state index >= 15 is 0 Å². The van der Waals surface area contributed by atoms with Gasteiger partial charge in [-0.25, -0.2) is 0 Å². The van der Waals surface area contributed by atoms with Gasteiger partial charge in [-0.1, -0.05) is 0 Å². The van der Waals surface area contributed by atoms with E-state index in [1.54, 1.807) is 0 Å². The summed E-state index contributed by atoms with van der Waals surface area (Å²) in [4.78, 5) is 0. The monoisotopic (exact) mass is 117 g/mol. The van der Waals surface area contributed by atoms with Crippen molar-refractivity contribution in [2.45, 2.75) is 12.8 Å². The van der Waals surface area contributed by atoms with Gasteiger partial charge >= 0.3 is 0 Å². The van der Waals surface area contributed by atoms with Gasteiger partial charge in [-0.05, 0) is 26.4 Å². The van der Waals surface area contributed by atoms with Crippen molar-refractivity contribution in [1.82, 2.24) is 10.7 Å². The Morgan fingerprint density at radius 2 is 1.88 bits per heavy atom. The maximum Gasteiger partial charge on any atom is 0.00978 e. The van der Waals surface area contributed by atoms with Crippen LogP contribution in [0.2, 0.25) is 0 Å². The Hall–Kier alpha value is -0.120. The molecule has 0 unspecified atom stereocenters.